The predicted octanol–water partition coefficient (Wildman–Crippen LogP) is 3.34. The summed E-state index contributed by atoms with van der Waals surface area (Å²) in [4.78, 5) is 12.1. The topological polar surface area (TPSA) is 41.1 Å². The quantitative estimate of drug-likeness (QED) is 0.759. The highest BCUT2D eigenvalue weighted by molar-refractivity contribution is 5.81. The summed E-state index contributed by atoms with van der Waals surface area (Å²) < 4.78 is 0. The fourth-order valence-corrected chi connectivity index (χ4v) is 2.70. The van der Waals surface area contributed by atoms with E-state index in [1.54, 1.807) is 0 Å². The zero-order valence-electron chi connectivity index (χ0n) is 14.1. The van der Waals surface area contributed by atoms with Crippen LogP contribution < -0.4 is 10.6 Å². The van der Waals surface area contributed by atoms with Crippen LogP contribution in [0.5, 0.6) is 0 Å². The van der Waals surface area contributed by atoms with Gasteiger partial charge in [-0.15, -0.1) is 0 Å². The lowest BCUT2D eigenvalue weighted by atomic mass is 9.94. The highest BCUT2D eigenvalue weighted by Crippen LogP contribution is 2.24. The molecule has 0 aromatic rings. The second-order valence-electron chi connectivity index (χ2n) is 7.85. The Balaban J connectivity index is 2.30. The van der Waals surface area contributed by atoms with Gasteiger partial charge in [-0.1, -0.05) is 41.0 Å². The number of nitrogens with one attached hydrogen (secondary N) is 2. The molecule has 1 aliphatic carbocycles. The van der Waals surface area contributed by atoms with Gasteiger partial charge in [0.25, 0.3) is 0 Å². The third-order valence-electron chi connectivity index (χ3n) is 4.09. The lowest BCUT2D eigenvalue weighted by molar-refractivity contribution is -0.129. The van der Waals surface area contributed by atoms with Crippen molar-refractivity contribution in [3.05, 3.63) is 0 Å². The first kappa shape index (κ1) is 17.5. The second-order valence-corrected chi connectivity index (χ2v) is 7.85. The molecule has 0 aliphatic heterocycles. The zero-order chi connectivity index (χ0) is 15.2. The van der Waals surface area contributed by atoms with Crippen molar-refractivity contribution in [2.24, 2.45) is 17.3 Å². The van der Waals surface area contributed by atoms with E-state index in [9.17, 15) is 4.79 Å². The molecule has 0 radical (unpaired) electrons. The molecule has 20 heavy (non-hydrogen) atoms. The van der Waals surface area contributed by atoms with Gasteiger partial charge in [0.1, 0.15) is 0 Å². The van der Waals surface area contributed by atoms with Crippen LogP contribution in [0.15, 0.2) is 0 Å². The molecule has 1 amide bonds. The van der Waals surface area contributed by atoms with Gasteiger partial charge in [-0.3, -0.25) is 4.79 Å². The molecule has 0 bridgehead atoms. The Kier molecular flexibility index (Phi) is 7.01. The Hall–Kier alpha value is -0.570. The molecule has 1 rings (SSSR count). The highest BCUT2D eigenvalue weighted by Gasteiger charge is 2.25. The predicted molar refractivity (Wildman–Crippen MR) is 85.7 cm³/mol. The maximum Gasteiger partial charge on any atom is 0.225 e. The van der Waals surface area contributed by atoms with Gasteiger partial charge in [0.2, 0.25) is 5.91 Å². The molecule has 1 fully saturated rings. The Morgan fingerprint density at radius 2 is 1.85 bits per heavy atom. The van der Waals surface area contributed by atoms with E-state index in [0.29, 0.717) is 6.04 Å². The minimum Gasteiger partial charge on any atom is -0.353 e. The van der Waals surface area contributed by atoms with Crippen LogP contribution >= 0.6 is 0 Å². The summed E-state index contributed by atoms with van der Waals surface area (Å²) in [5.74, 6) is 1.70. The average Bonchev–Trinajstić information content (AvgIpc) is 2.53. The first-order valence-electron chi connectivity index (χ1n) is 8.30. The minimum atomic E-state index is -0.273. The molecule has 2 unspecified atom stereocenters. The van der Waals surface area contributed by atoms with Gasteiger partial charge < -0.3 is 10.6 Å². The lowest BCUT2D eigenvalue weighted by Gasteiger charge is -2.23. The van der Waals surface area contributed by atoms with Crippen LogP contribution in [0.2, 0.25) is 0 Å². The fourth-order valence-electron chi connectivity index (χ4n) is 2.70. The van der Waals surface area contributed by atoms with E-state index in [1.165, 1.54) is 19.3 Å². The molecule has 1 saturated carbocycles. The van der Waals surface area contributed by atoms with Crippen molar-refractivity contribution in [3.8, 4) is 0 Å². The van der Waals surface area contributed by atoms with Crippen LogP contribution in [0.3, 0.4) is 0 Å². The van der Waals surface area contributed by atoms with Crippen molar-refractivity contribution < 1.29 is 4.79 Å². The van der Waals surface area contributed by atoms with Crippen molar-refractivity contribution in [2.45, 2.75) is 72.8 Å². The standard InChI is InChI=1S/C17H34N2O/c1-13(2)11-18-12-14-7-6-8-15(10-9-14)19-16(20)17(3,4)5/h13-15,18H,6-12H2,1-5H3,(H,19,20). The number of hydrogen-bond acceptors (Lipinski definition) is 2. The van der Waals surface area contributed by atoms with Crippen LogP contribution in [-0.4, -0.2) is 25.0 Å². The molecule has 2 N–H and O–H groups in total. The molecule has 2 atom stereocenters. The largest absolute Gasteiger partial charge is 0.353 e. The normalized spacial score (nSPS) is 24.5. The van der Waals surface area contributed by atoms with E-state index >= 15 is 0 Å². The Morgan fingerprint density at radius 3 is 2.45 bits per heavy atom. The first-order chi connectivity index (χ1) is 9.29. The third-order valence-corrected chi connectivity index (χ3v) is 4.09. The summed E-state index contributed by atoms with van der Waals surface area (Å²) >= 11 is 0. The van der Waals surface area contributed by atoms with Gasteiger partial charge in [-0.05, 0) is 50.6 Å². The Bertz CT molecular complexity index is 294. The van der Waals surface area contributed by atoms with Gasteiger partial charge in [0.15, 0.2) is 0 Å². The highest BCUT2D eigenvalue weighted by atomic mass is 16.2. The van der Waals surface area contributed by atoms with Crippen LogP contribution in [0.25, 0.3) is 0 Å². The van der Waals surface area contributed by atoms with E-state index in [1.807, 2.05) is 20.8 Å². The second kappa shape index (κ2) is 8.02. The van der Waals surface area contributed by atoms with E-state index in [4.69, 9.17) is 0 Å². The summed E-state index contributed by atoms with van der Waals surface area (Å²) in [7, 11) is 0. The van der Waals surface area contributed by atoms with E-state index < -0.39 is 0 Å². The average molecular weight is 282 g/mol. The Labute approximate surface area is 125 Å². The van der Waals surface area contributed by atoms with Crippen molar-refractivity contribution in [3.63, 3.8) is 0 Å². The molecule has 0 saturated heterocycles. The van der Waals surface area contributed by atoms with Gasteiger partial charge in [-0.25, -0.2) is 0 Å². The summed E-state index contributed by atoms with van der Waals surface area (Å²) in [6.07, 6.45) is 6.05. The molecule has 0 heterocycles. The summed E-state index contributed by atoms with van der Waals surface area (Å²) in [5.41, 5.74) is -0.273. The zero-order valence-corrected chi connectivity index (χ0v) is 14.1. The third kappa shape index (κ3) is 6.74. The van der Waals surface area contributed by atoms with Crippen molar-refractivity contribution in [1.29, 1.82) is 0 Å². The monoisotopic (exact) mass is 282 g/mol. The number of carbonyl (C=O) groups is 1. The molecule has 3 nitrogen and oxygen atoms in total. The van der Waals surface area contributed by atoms with Crippen LogP contribution in [0.4, 0.5) is 0 Å². The van der Waals surface area contributed by atoms with Crippen molar-refractivity contribution >= 4 is 5.91 Å². The number of hydrogen-bond donors (Lipinski definition) is 2. The first-order valence-corrected chi connectivity index (χ1v) is 8.30. The van der Waals surface area contributed by atoms with E-state index in [2.05, 4.69) is 24.5 Å². The molecular formula is C17H34N2O. The summed E-state index contributed by atoms with van der Waals surface area (Å²) in [6, 6.07) is 0.386. The smallest absolute Gasteiger partial charge is 0.225 e. The summed E-state index contributed by atoms with van der Waals surface area (Å²) in [6.45, 7) is 12.7. The lowest BCUT2D eigenvalue weighted by Crippen LogP contribution is -2.41. The van der Waals surface area contributed by atoms with Crippen LogP contribution in [0, 0.1) is 17.3 Å². The van der Waals surface area contributed by atoms with Gasteiger partial charge in [-0.2, -0.15) is 0 Å². The van der Waals surface area contributed by atoms with Gasteiger partial charge >= 0.3 is 0 Å². The van der Waals surface area contributed by atoms with Gasteiger partial charge in [0, 0.05) is 11.5 Å². The van der Waals surface area contributed by atoms with Crippen LogP contribution in [0.1, 0.15) is 66.7 Å². The van der Waals surface area contributed by atoms with Crippen molar-refractivity contribution in [2.75, 3.05) is 13.1 Å². The fraction of sp³-hybridized carbons (Fsp3) is 0.941. The number of amides is 1. The molecule has 0 aromatic carbocycles. The van der Waals surface area contributed by atoms with E-state index in [0.717, 1.165) is 37.8 Å². The molecule has 0 spiro atoms. The molecule has 3 heteroatoms. The maximum atomic E-state index is 12.1. The number of rotatable bonds is 5. The molecular weight excluding hydrogens is 248 g/mol. The van der Waals surface area contributed by atoms with Gasteiger partial charge in [0.05, 0.1) is 0 Å². The molecule has 118 valence electrons. The molecule has 1 aliphatic rings. The van der Waals surface area contributed by atoms with E-state index in [-0.39, 0.29) is 11.3 Å². The summed E-state index contributed by atoms with van der Waals surface area (Å²) in [5, 5.41) is 6.81. The van der Waals surface area contributed by atoms with Crippen LogP contribution in [-0.2, 0) is 4.79 Å². The maximum absolute atomic E-state index is 12.1. The molecule has 0 aromatic heterocycles. The van der Waals surface area contributed by atoms with Crippen molar-refractivity contribution in [1.82, 2.24) is 10.6 Å². The SMILES string of the molecule is CC(C)CNCC1CCCC(NC(=O)C(C)(C)C)CC1. The Morgan fingerprint density at radius 1 is 1.15 bits per heavy atom. The number of carbonyl (C=O) groups excluding carboxylic acids is 1. The minimum absolute atomic E-state index is 0.193.